The summed E-state index contributed by atoms with van der Waals surface area (Å²) in [5, 5.41) is 0. The Bertz CT molecular complexity index is 523. The standard InChI is InChI=1S/C9H5BBrF3NO2.K/c11-6-3-1-2-5-7(6)15(4-10(12,13)14)9(17)8(5)16;/h1-3H,4H2;/q-1;+1. The first kappa shape index (κ1) is 16.4. The van der Waals surface area contributed by atoms with E-state index in [2.05, 4.69) is 15.9 Å². The van der Waals surface area contributed by atoms with Gasteiger partial charge in [0.15, 0.2) is 0 Å². The molecule has 0 unspecified atom stereocenters. The molecule has 1 aromatic rings. The molecular formula is C9H5BBrF3KNO2. The van der Waals surface area contributed by atoms with Crippen LogP contribution in [0.3, 0.4) is 0 Å². The van der Waals surface area contributed by atoms with Crippen LogP contribution in [-0.4, -0.2) is 25.1 Å². The molecule has 0 N–H and O–H groups in total. The summed E-state index contributed by atoms with van der Waals surface area (Å²) in [6.07, 6.45) is -1.40. The summed E-state index contributed by atoms with van der Waals surface area (Å²) in [7, 11) is 0. The third-order valence-electron chi connectivity index (χ3n) is 2.33. The molecule has 9 heteroatoms. The van der Waals surface area contributed by atoms with E-state index in [-0.39, 0.29) is 62.6 Å². The summed E-state index contributed by atoms with van der Waals surface area (Å²) in [6.45, 7) is -5.18. The zero-order chi connectivity index (χ0) is 12.8. The maximum absolute atomic E-state index is 12.4. The second kappa shape index (κ2) is 5.76. The number of hydrogen-bond donors (Lipinski definition) is 0. The first-order valence-corrected chi connectivity index (χ1v) is 5.46. The van der Waals surface area contributed by atoms with Gasteiger partial charge >= 0.3 is 58.4 Å². The van der Waals surface area contributed by atoms with Crippen LogP contribution in [0.2, 0.25) is 0 Å². The minimum absolute atomic E-state index is 0. The van der Waals surface area contributed by atoms with Crippen LogP contribution in [0.25, 0.3) is 0 Å². The Morgan fingerprint density at radius 1 is 1.22 bits per heavy atom. The van der Waals surface area contributed by atoms with Crippen LogP contribution in [0.5, 0.6) is 0 Å². The van der Waals surface area contributed by atoms with Crippen molar-refractivity contribution in [1.29, 1.82) is 0 Å². The topological polar surface area (TPSA) is 37.4 Å². The minimum atomic E-state index is -5.18. The molecule has 1 aliphatic heterocycles. The third-order valence-corrected chi connectivity index (χ3v) is 2.97. The summed E-state index contributed by atoms with van der Waals surface area (Å²) >= 11 is 3.04. The van der Waals surface area contributed by atoms with Crippen molar-refractivity contribution >= 4 is 40.3 Å². The van der Waals surface area contributed by atoms with Crippen molar-refractivity contribution in [3.63, 3.8) is 0 Å². The van der Waals surface area contributed by atoms with Gasteiger partial charge in [-0.3, -0.25) is 9.59 Å². The molecule has 1 heterocycles. The first-order chi connectivity index (χ1) is 7.81. The average molecular weight is 346 g/mol. The molecule has 0 atom stereocenters. The fourth-order valence-electron chi connectivity index (χ4n) is 1.69. The largest absolute Gasteiger partial charge is 1.00 e. The van der Waals surface area contributed by atoms with Crippen molar-refractivity contribution in [1.82, 2.24) is 0 Å². The van der Waals surface area contributed by atoms with E-state index in [1.165, 1.54) is 18.2 Å². The number of amides is 1. The number of benzene rings is 1. The predicted molar refractivity (Wildman–Crippen MR) is 59.9 cm³/mol. The zero-order valence-corrected chi connectivity index (χ0v) is 14.0. The summed E-state index contributed by atoms with van der Waals surface area (Å²) in [5.74, 6) is -2.03. The maximum atomic E-state index is 12.4. The van der Waals surface area contributed by atoms with Crippen molar-refractivity contribution in [3.05, 3.63) is 28.2 Å². The Hall–Kier alpha value is 0.331. The van der Waals surface area contributed by atoms with E-state index >= 15 is 0 Å². The van der Waals surface area contributed by atoms with Gasteiger partial charge in [-0.15, -0.1) is 0 Å². The van der Waals surface area contributed by atoms with E-state index in [0.29, 0.717) is 9.37 Å². The van der Waals surface area contributed by atoms with Gasteiger partial charge in [0.2, 0.25) is 0 Å². The number of Topliss-reactive ketones (excluding diaryl/α,β-unsaturated/α-hetero) is 1. The van der Waals surface area contributed by atoms with Gasteiger partial charge < -0.3 is 17.8 Å². The second-order valence-electron chi connectivity index (χ2n) is 3.59. The molecule has 0 fully saturated rings. The van der Waals surface area contributed by atoms with E-state index < -0.39 is 25.1 Å². The molecule has 18 heavy (non-hydrogen) atoms. The van der Waals surface area contributed by atoms with Crippen LogP contribution < -0.4 is 56.3 Å². The third kappa shape index (κ3) is 3.08. The van der Waals surface area contributed by atoms with Crippen molar-refractivity contribution in [3.8, 4) is 0 Å². The van der Waals surface area contributed by atoms with Crippen LogP contribution in [0.1, 0.15) is 10.4 Å². The minimum Gasteiger partial charge on any atom is -0.448 e. The Morgan fingerprint density at radius 2 is 1.83 bits per heavy atom. The van der Waals surface area contributed by atoms with Crippen LogP contribution in [0.15, 0.2) is 22.7 Å². The number of ketones is 1. The number of nitrogens with zero attached hydrogens (tertiary/aromatic N) is 1. The number of rotatable bonds is 2. The fraction of sp³-hybridized carbons (Fsp3) is 0.111. The van der Waals surface area contributed by atoms with Crippen molar-refractivity contribution in [2.24, 2.45) is 0 Å². The smallest absolute Gasteiger partial charge is 0.448 e. The normalized spacial score (nSPS) is 14.6. The van der Waals surface area contributed by atoms with Crippen LogP contribution in [0.4, 0.5) is 18.6 Å². The van der Waals surface area contributed by atoms with Crippen molar-refractivity contribution in [2.75, 3.05) is 11.3 Å². The molecule has 0 radical (unpaired) electrons. The van der Waals surface area contributed by atoms with Crippen LogP contribution in [0, 0.1) is 0 Å². The molecule has 1 aliphatic rings. The average Bonchev–Trinajstić information content (AvgIpc) is 2.43. The number of para-hydroxylation sites is 1. The van der Waals surface area contributed by atoms with Gasteiger partial charge in [0.25, 0.3) is 11.7 Å². The molecule has 0 spiro atoms. The summed E-state index contributed by atoms with van der Waals surface area (Å²) in [6, 6.07) is 4.32. The molecule has 0 aliphatic carbocycles. The van der Waals surface area contributed by atoms with Crippen LogP contribution >= 0.6 is 15.9 Å². The van der Waals surface area contributed by atoms with E-state index in [4.69, 9.17) is 0 Å². The summed E-state index contributed by atoms with van der Waals surface area (Å²) in [4.78, 5) is 23.4. The van der Waals surface area contributed by atoms with Gasteiger partial charge in [-0.1, -0.05) is 6.07 Å². The second-order valence-corrected chi connectivity index (χ2v) is 4.45. The van der Waals surface area contributed by atoms with Crippen molar-refractivity contribution in [2.45, 2.75) is 0 Å². The van der Waals surface area contributed by atoms with Crippen LogP contribution in [-0.2, 0) is 4.79 Å². The predicted octanol–water partition coefficient (Wildman–Crippen LogP) is -0.631. The quantitative estimate of drug-likeness (QED) is 0.528. The van der Waals surface area contributed by atoms with E-state index in [1.807, 2.05) is 0 Å². The molecule has 1 amide bonds. The SMILES string of the molecule is O=C1C(=O)N(C[B-](F)(F)F)c2c(Br)cccc21.[K+]. The van der Waals surface area contributed by atoms with Crippen molar-refractivity contribution < 1.29 is 73.9 Å². The van der Waals surface area contributed by atoms with Gasteiger partial charge in [0.05, 0.1) is 11.3 Å². The molecule has 2 rings (SSSR count). The molecular weight excluding hydrogens is 341 g/mol. The van der Waals surface area contributed by atoms with Gasteiger partial charge in [-0.05, 0) is 34.5 Å². The number of hydrogen-bond acceptors (Lipinski definition) is 2. The Kier molecular flexibility index (Phi) is 5.24. The van der Waals surface area contributed by atoms with E-state index in [1.54, 1.807) is 0 Å². The summed E-state index contributed by atoms with van der Waals surface area (Å²) in [5.41, 5.74) is 0.00567. The summed E-state index contributed by atoms with van der Waals surface area (Å²) < 4.78 is 37.4. The Balaban J connectivity index is 0.00000162. The maximum Gasteiger partial charge on any atom is 1.00 e. The van der Waals surface area contributed by atoms with Gasteiger partial charge in [-0.25, -0.2) is 0 Å². The molecule has 0 bridgehead atoms. The Morgan fingerprint density at radius 3 is 2.39 bits per heavy atom. The molecule has 0 aromatic heterocycles. The molecule has 90 valence electrons. The molecule has 0 saturated carbocycles. The number of anilines is 1. The first-order valence-electron chi connectivity index (χ1n) is 4.67. The number of halogens is 4. The molecule has 3 nitrogen and oxygen atoms in total. The number of carbonyl (C=O) groups excluding carboxylic acids is 2. The molecule has 1 aromatic carbocycles. The van der Waals surface area contributed by atoms with E-state index in [0.717, 1.165) is 0 Å². The Labute approximate surface area is 152 Å². The van der Waals surface area contributed by atoms with Gasteiger partial charge in [0.1, 0.15) is 0 Å². The fourth-order valence-corrected chi connectivity index (χ4v) is 2.27. The van der Waals surface area contributed by atoms with Gasteiger partial charge in [0, 0.05) is 4.47 Å². The monoisotopic (exact) mass is 345 g/mol. The van der Waals surface area contributed by atoms with Gasteiger partial charge in [-0.2, -0.15) is 0 Å². The number of carbonyl (C=O) groups is 2. The number of fused-ring (bicyclic) bond motifs is 1. The zero-order valence-electron chi connectivity index (χ0n) is 9.29. The molecule has 0 saturated heterocycles. The van der Waals surface area contributed by atoms with E-state index in [9.17, 15) is 22.5 Å².